The molecule has 150 valence electrons. The third kappa shape index (κ3) is 3.79. The van der Waals surface area contributed by atoms with Crippen molar-refractivity contribution in [2.75, 3.05) is 4.90 Å². The third-order valence-corrected chi connectivity index (χ3v) is 4.91. The number of carbonyl (C=O) groups is 2. The predicted molar refractivity (Wildman–Crippen MR) is 112 cm³/mol. The van der Waals surface area contributed by atoms with Crippen molar-refractivity contribution in [1.82, 2.24) is 14.5 Å². The van der Waals surface area contributed by atoms with Gasteiger partial charge in [-0.05, 0) is 41.4 Å². The molecule has 0 aliphatic rings. The molecule has 0 unspecified atom stereocenters. The minimum absolute atomic E-state index is 0.0168. The molecule has 0 bridgehead atoms. The van der Waals surface area contributed by atoms with Crippen LogP contribution in [-0.2, 0) is 18.4 Å². The molecule has 2 aromatic carbocycles. The number of hydrogen-bond donors (Lipinski definition) is 0. The fourth-order valence-electron chi connectivity index (χ4n) is 3.27. The van der Waals surface area contributed by atoms with Gasteiger partial charge in [-0.25, -0.2) is 14.4 Å². The van der Waals surface area contributed by atoms with E-state index < -0.39 is 17.5 Å². The second kappa shape index (κ2) is 8.04. The molecule has 0 saturated heterocycles. The van der Waals surface area contributed by atoms with E-state index in [2.05, 4.69) is 9.97 Å². The van der Waals surface area contributed by atoms with E-state index in [0.717, 1.165) is 5.52 Å². The van der Waals surface area contributed by atoms with E-state index in [9.17, 15) is 14.0 Å². The van der Waals surface area contributed by atoms with Crippen molar-refractivity contribution in [3.8, 4) is 0 Å². The van der Waals surface area contributed by atoms with Crippen molar-refractivity contribution in [3.63, 3.8) is 0 Å². The number of nitrogens with zero attached hydrogens (tertiary/aromatic N) is 4. The number of hydrogen-bond acceptors (Lipinski definition) is 4. The first kappa shape index (κ1) is 19.7. The number of aryl methyl sites for hydroxylation is 1. The van der Waals surface area contributed by atoms with Crippen molar-refractivity contribution in [3.05, 3.63) is 89.2 Å². The zero-order chi connectivity index (χ0) is 21.3. The number of rotatable bonds is 5. The largest absolute Gasteiger partial charge is 0.350 e. The minimum atomic E-state index is -0.773. The lowest BCUT2D eigenvalue weighted by Crippen LogP contribution is -2.37. The number of ketones is 1. The summed E-state index contributed by atoms with van der Waals surface area (Å²) >= 11 is 5.90. The number of fused-ring (bicyclic) bond motifs is 1. The van der Waals surface area contributed by atoms with E-state index in [1.54, 1.807) is 29.0 Å². The molecule has 8 heteroatoms. The fourth-order valence-corrected chi connectivity index (χ4v) is 3.41. The zero-order valence-corrected chi connectivity index (χ0v) is 16.7. The number of halogens is 2. The summed E-state index contributed by atoms with van der Waals surface area (Å²) in [5, 5.41) is 0.628. The molecule has 0 spiro atoms. The van der Waals surface area contributed by atoms with Crippen LogP contribution in [0, 0.1) is 5.82 Å². The Bertz CT molecular complexity index is 1250. The van der Waals surface area contributed by atoms with Gasteiger partial charge in [0.1, 0.15) is 11.6 Å². The van der Waals surface area contributed by atoms with Gasteiger partial charge in [0.05, 0.1) is 12.1 Å². The Morgan fingerprint density at radius 2 is 1.83 bits per heavy atom. The topological polar surface area (TPSA) is 68.1 Å². The molecule has 0 aliphatic heterocycles. The SMILES string of the molecule is Cn1cc(C(=O)C(=O)N(Cc2ccc(F)cc2)c2ccnc(Cl)n2)c2ccccc21. The standard InChI is InChI=1S/C22H16ClFN4O2/c1-27-13-17(16-4-2-3-5-18(16)27)20(29)21(30)28(19-10-11-25-22(23)26-19)12-14-6-8-15(24)9-7-14/h2-11,13H,12H2,1H3. The van der Waals surface area contributed by atoms with E-state index in [1.807, 2.05) is 25.2 Å². The summed E-state index contributed by atoms with van der Waals surface area (Å²) < 4.78 is 15.1. The van der Waals surface area contributed by atoms with Gasteiger partial charge in [0.2, 0.25) is 5.28 Å². The highest BCUT2D eigenvalue weighted by Gasteiger charge is 2.28. The van der Waals surface area contributed by atoms with Crippen LogP contribution in [0.2, 0.25) is 5.28 Å². The first-order chi connectivity index (χ1) is 14.4. The quantitative estimate of drug-likeness (QED) is 0.275. The number of aromatic nitrogens is 3. The first-order valence-corrected chi connectivity index (χ1v) is 9.45. The van der Waals surface area contributed by atoms with Crippen molar-refractivity contribution in [1.29, 1.82) is 0 Å². The van der Waals surface area contributed by atoms with Crippen LogP contribution in [0.25, 0.3) is 10.9 Å². The summed E-state index contributed by atoms with van der Waals surface area (Å²) in [6, 6.07) is 14.5. The molecule has 0 saturated carbocycles. The molecule has 0 N–H and O–H groups in total. The Morgan fingerprint density at radius 3 is 2.57 bits per heavy atom. The highest BCUT2D eigenvalue weighted by atomic mass is 35.5. The van der Waals surface area contributed by atoms with Crippen LogP contribution in [0.5, 0.6) is 0 Å². The summed E-state index contributed by atoms with van der Waals surface area (Å²) in [5.41, 5.74) is 1.76. The maximum atomic E-state index is 13.3. The van der Waals surface area contributed by atoms with Gasteiger partial charge in [-0.1, -0.05) is 30.3 Å². The number of Topliss-reactive ketones (excluding diaryl/α,β-unsaturated/α-hetero) is 1. The smallest absolute Gasteiger partial charge is 0.300 e. The molecule has 0 radical (unpaired) electrons. The van der Waals surface area contributed by atoms with Crippen LogP contribution < -0.4 is 4.90 Å². The van der Waals surface area contributed by atoms with Crippen LogP contribution in [-0.4, -0.2) is 26.2 Å². The van der Waals surface area contributed by atoms with E-state index in [0.29, 0.717) is 16.5 Å². The van der Waals surface area contributed by atoms with Crippen LogP contribution in [0.4, 0.5) is 10.2 Å². The maximum Gasteiger partial charge on any atom is 0.300 e. The van der Waals surface area contributed by atoms with E-state index in [4.69, 9.17) is 11.6 Å². The third-order valence-electron chi connectivity index (χ3n) is 4.72. The van der Waals surface area contributed by atoms with Gasteiger partial charge in [-0.3, -0.25) is 14.5 Å². The van der Waals surface area contributed by atoms with E-state index >= 15 is 0 Å². The minimum Gasteiger partial charge on any atom is -0.350 e. The lowest BCUT2D eigenvalue weighted by Gasteiger charge is -2.21. The van der Waals surface area contributed by atoms with Gasteiger partial charge in [-0.15, -0.1) is 0 Å². The molecule has 4 aromatic rings. The Balaban J connectivity index is 1.74. The van der Waals surface area contributed by atoms with E-state index in [1.165, 1.54) is 29.3 Å². The van der Waals surface area contributed by atoms with E-state index in [-0.39, 0.29) is 17.6 Å². The van der Waals surface area contributed by atoms with Crippen molar-refractivity contribution in [2.45, 2.75) is 6.54 Å². The second-order valence-electron chi connectivity index (χ2n) is 6.70. The predicted octanol–water partition coefficient (Wildman–Crippen LogP) is 4.18. The molecule has 0 fully saturated rings. The first-order valence-electron chi connectivity index (χ1n) is 9.07. The van der Waals surface area contributed by atoms with Crippen LogP contribution in [0.15, 0.2) is 67.0 Å². The molecule has 6 nitrogen and oxygen atoms in total. The normalized spacial score (nSPS) is 10.9. The number of anilines is 1. The Labute approximate surface area is 176 Å². The van der Waals surface area contributed by atoms with Gasteiger partial charge in [0.25, 0.3) is 5.78 Å². The van der Waals surface area contributed by atoms with Crippen LogP contribution in [0.1, 0.15) is 15.9 Å². The van der Waals surface area contributed by atoms with Crippen molar-refractivity contribution < 1.29 is 14.0 Å². The van der Waals surface area contributed by atoms with Gasteiger partial charge in [0.15, 0.2) is 0 Å². The monoisotopic (exact) mass is 422 g/mol. The number of carbonyl (C=O) groups excluding carboxylic acids is 2. The molecule has 1 amide bonds. The Kier molecular flexibility index (Phi) is 5.29. The Morgan fingerprint density at radius 1 is 1.10 bits per heavy atom. The van der Waals surface area contributed by atoms with Gasteiger partial charge < -0.3 is 4.57 Å². The molecule has 4 rings (SSSR count). The molecule has 2 aromatic heterocycles. The van der Waals surface area contributed by atoms with Gasteiger partial charge in [0, 0.05) is 30.3 Å². The van der Waals surface area contributed by atoms with Crippen molar-refractivity contribution in [2.24, 2.45) is 7.05 Å². The summed E-state index contributed by atoms with van der Waals surface area (Å²) in [6.07, 6.45) is 3.03. The summed E-state index contributed by atoms with van der Waals surface area (Å²) in [7, 11) is 1.81. The molecule has 30 heavy (non-hydrogen) atoms. The number of benzene rings is 2. The lowest BCUT2D eigenvalue weighted by atomic mass is 10.1. The summed E-state index contributed by atoms with van der Waals surface area (Å²) in [5.74, 6) is -1.67. The molecular weight excluding hydrogens is 407 g/mol. The highest BCUT2D eigenvalue weighted by Crippen LogP contribution is 2.23. The molecular formula is C22H16ClFN4O2. The van der Waals surface area contributed by atoms with Crippen LogP contribution >= 0.6 is 11.6 Å². The Hall–Kier alpha value is -3.58. The average molecular weight is 423 g/mol. The highest BCUT2D eigenvalue weighted by molar-refractivity contribution is 6.48. The molecule has 0 aliphatic carbocycles. The van der Waals surface area contributed by atoms with Crippen LogP contribution in [0.3, 0.4) is 0 Å². The number of amides is 1. The van der Waals surface area contributed by atoms with Crippen molar-refractivity contribution >= 4 is 40.0 Å². The summed E-state index contributed by atoms with van der Waals surface area (Å²) in [4.78, 5) is 35.6. The molecule has 0 atom stereocenters. The molecule has 2 heterocycles. The van der Waals surface area contributed by atoms with Gasteiger partial charge >= 0.3 is 5.91 Å². The van der Waals surface area contributed by atoms with Gasteiger partial charge in [-0.2, -0.15) is 0 Å². The second-order valence-corrected chi connectivity index (χ2v) is 7.04. The lowest BCUT2D eigenvalue weighted by molar-refractivity contribution is -0.114. The average Bonchev–Trinajstić information content (AvgIpc) is 3.09. The fraction of sp³-hybridized carbons (Fsp3) is 0.0909. The maximum absolute atomic E-state index is 13.3. The number of para-hydroxylation sites is 1. The zero-order valence-electron chi connectivity index (χ0n) is 15.9. The summed E-state index contributed by atoms with van der Waals surface area (Å²) in [6.45, 7) is 0.0168.